The second kappa shape index (κ2) is 14.1. The molecule has 4 aromatic rings. The van der Waals surface area contributed by atoms with E-state index in [0.717, 1.165) is 23.9 Å². The third kappa shape index (κ3) is 7.52. The van der Waals surface area contributed by atoms with Crippen molar-refractivity contribution in [1.29, 1.82) is 0 Å². The number of halogens is 5. The van der Waals surface area contributed by atoms with Crippen LogP contribution in [-0.4, -0.2) is 53.2 Å². The number of carbonyl (C=O) groups excluding carboxylic acids is 3. The number of rotatable bonds is 10. The Morgan fingerprint density at radius 2 is 1.63 bits per heavy atom. The molecule has 3 aromatic carbocycles. The highest BCUT2D eigenvalue weighted by atomic mass is 19.4. The van der Waals surface area contributed by atoms with Gasteiger partial charge >= 0.3 is 18.2 Å². The van der Waals surface area contributed by atoms with Gasteiger partial charge in [0.05, 0.1) is 17.8 Å². The van der Waals surface area contributed by atoms with Crippen LogP contribution >= 0.6 is 0 Å². The number of esters is 1. The minimum Gasteiger partial charge on any atom is -0.418 e. The highest BCUT2D eigenvalue weighted by Gasteiger charge is 2.43. The van der Waals surface area contributed by atoms with Crippen LogP contribution in [0.4, 0.5) is 49.9 Å². The van der Waals surface area contributed by atoms with E-state index in [1.54, 1.807) is 13.8 Å². The molecule has 0 spiro atoms. The molecule has 5 rings (SSSR count). The van der Waals surface area contributed by atoms with Crippen molar-refractivity contribution in [3.8, 4) is 17.0 Å². The number of hydrogen-bond acceptors (Lipinski definition) is 8. The van der Waals surface area contributed by atoms with E-state index in [1.807, 2.05) is 30.3 Å². The maximum atomic E-state index is 15.1. The molecule has 1 aliphatic rings. The number of anilines is 4. The van der Waals surface area contributed by atoms with Gasteiger partial charge in [0.25, 0.3) is 5.91 Å². The molecule has 0 radical (unpaired) electrons. The fourth-order valence-corrected chi connectivity index (χ4v) is 5.04. The van der Waals surface area contributed by atoms with Crippen molar-refractivity contribution in [3.63, 3.8) is 0 Å². The van der Waals surface area contributed by atoms with E-state index in [0.29, 0.717) is 11.4 Å². The van der Waals surface area contributed by atoms with Crippen molar-refractivity contribution in [2.24, 2.45) is 0 Å². The van der Waals surface area contributed by atoms with Crippen LogP contribution in [0.25, 0.3) is 11.3 Å². The van der Waals surface area contributed by atoms with Gasteiger partial charge in [-0.25, -0.2) is 28.3 Å². The molecule has 4 N–H and O–H groups in total. The summed E-state index contributed by atoms with van der Waals surface area (Å²) >= 11 is 0. The maximum absolute atomic E-state index is 15.1. The quantitative estimate of drug-likeness (QED) is 0.0670. The van der Waals surface area contributed by atoms with Crippen molar-refractivity contribution in [3.05, 3.63) is 89.0 Å². The lowest BCUT2D eigenvalue weighted by atomic mass is 9.95. The molecule has 0 fully saturated rings. The van der Waals surface area contributed by atoms with E-state index in [1.165, 1.54) is 19.1 Å². The van der Waals surface area contributed by atoms with Crippen LogP contribution in [-0.2, 0) is 11.3 Å². The molecule has 0 atom stereocenters. The maximum Gasteiger partial charge on any atom is 0.491 e. The molecule has 3 amide bonds. The van der Waals surface area contributed by atoms with E-state index in [2.05, 4.69) is 31.2 Å². The Labute approximate surface area is 276 Å². The van der Waals surface area contributed by atoms with Crippen molar-refractivity contribution < 1.29 is 41.1 Å². The molecule has 0 saturated heterocycles. The summed E-state index contributed by atoms with van der Waals surface area (Å²) in [4.78, 5) is 48.3. The third-order valence-corrected chi connectivity index (χ3v) is 7.18. The largest absolute Gasteiger partial charge is 0.491 e. The standard InChI is InChI=1S/C33H30F5N7O4/c1-17(2)42-29(46)20-13-12-18(3)24(27(20)49-30(47)33(36,37)38)25-21-16-41-32(48)45(26-22(34)10-7-11-23(26)35)28(21)44-31(43-25)40-15-14-39-19-8-5-4-6-9-19/h4-13,17,39H,14-16H2,1-3H3,(H,41,48)(H,42,46)(H,40,43,44). The lowest BCUT2D eigenvalue weighted by Gasteiger charge is -2.31. The number of nitrogens with zero attached hydrogens (tertiary/aromatic N) is 3. The zero-order valence-corrected chi connectivity index (χ0v) is 26.3. The van der Waals surface area contributed by atoms with E-state index in [9.17, 15) is 27.6 Å². The topological polar surface area (TPSA) is 138 Å². The first kappa shape index (κ1) is 34.5. The molecule has 16 heteroatoms. The molecule has 1 aliphatic heterocycles. The van der Waals surface area contributed by atoms with Crippen LogP contribution in [0.5, 0.6) is 5.75 Å². The summed E-state index contributed by atoms with van der Waals surface area (Å²) in [6, 6.07) is 13.4. The van der Waals surface area contributed by atoms with Gasteiger partial charge in [-0.3, -0.25) is 4.79 Å². The minimum atomic E-state index is -5.44. The summed E-state index contributed by atoms with van der Waals surface area (Å²) in [5, 5.41) is 11.2. The fraction of sp³-hybridized carbons (Fsp3) is 0.242. The molecular weight excluding hydrogens is 653 g/mol. The molecule has 49 heavy (non-hydrogen) atoms. The van der Waals surface area contributed by atoms with Crippen LogP contribution < -0.4 is 30.9 Å². The second-order valence-corrected chi connectivity index (χ2v) is 11.1. The van der Waals surface area contributed by atoms with Crippen LogP contribution in [0.2, 0.25) is 0 Å². The average Bonchev–Trinajstić information content (AvgIpc) is 3.03. The van der Waals surface area contributed by atoms with Gasteiger partial charge in [-0.05, 0) is 56.7 Å². The summed E-state index contributed by atoms with van der Waals surface area (Å²) in [7, 11) is 0. The van der Waals surface area contributed by atoms with Crippen molar-refractivity contribution in [2.75, 3.05) is 28.6 Å². The number of nitrogens with one attached hydrogen (secondary N) is 4. The van der Waals surface area contributed by atoms with Crippen LogP contribution in [0.1, 0.15) is 35.3 Å². The first-order valence-electron chi connectivity index (χ1n) is 15.0. The average molecular weight is 684 g/mol. The molecule has 2 heterocycles. The first-order chi connectivity index (χ1) is 23.3. The van der Waals surface area contributed by atoms with Crippen molar-refractivity contribution in [1.82, 2.24) is 20.6 Å². The number of aryl methyl sites for hydroxylation is 1. The molecule has 0 unspecified atom stereocenters. The number of alkyl halides is 3. The Morgan fingerprint density at radius 3 is 2.29 bits per heavy atom. The number of ether oxygens (including phenoxy) is 1. The number of benzene rings is 3. The highest BCUT2D eigenvalue weighted by Crippen LogP contribution is 2.43. The molecule has 1 aromatic heterocycles. The van der Waals surface area contributed by atoms with Gasteiger partial charge in [0.1, 0.15) is 17.3 Å². The van der Waals surface area contributed by atoms with Crippen LogP contribution in [0, 0.1) is 18.6 Å². The van der Waals surface area contributed by atoms with E-state index in [4.69, 9.17) is 4.74 Å². The van der Waals surface area contributed by atoms with Gasteiger partial charge in [0, 0.05) is 35.9 Å². The predicted octanol–water partition coefficient (Wildman–Crippen LogP) is 6.22. The summed E-state index contributed by atoms with van der Waals surface area (Å²) < 4.78 is 75.8. The Hall–Kier alpha value is -5.80. The zero-order chi connectivity index (χ0) is 35.5. The SMILES string of the molecule is Cc1ccc(C(=O)NC(C)C)c(OC(=O)C(F)(F)F)c1-c1nc(NCCNc2ccccc2)nc2c1CNC(=O)N2c1c(F)cccc1F. The van der Waals surface area contributed by atoms with Gasteiger partial charge in [-0.15, -0.1) is 0 Å². The third-order valence-electron chi connectivity index (χ3n) is 7.18. The van der Waals surface area contributed by atoms with Crippen molar-refractivity contribution >= 4 is 41.0 Å². The molecule has 0 aliphatic carbocycles. The van der Waals surface area contributed by atoms with Gasteiger partial charge in [0.2, 0.25) is 5.95 Å². The number of amides is 3. The highest BCUT2D eigenvalue weighted by molar-refractivity contribution is 6.04. The lowest BCUT2D eigenvalue weighted by Crippen LogP contribution is -2.43. The van der Waals surface area contributed by atoms with Crippen molar-refractivity contribution in [2.45, 2.75) is 39.5 Å². The normalized spacial score (nSPS) is 12.7. The van der Waals surface area contributed by atoms with Gasteiger partial charge in [0.15, 0.2) is 11.6 Å². The summed E-state index contributed by atoms with van der Waals surface area (Å²) in [6.45, 7) is 4.87. The number of urea groups is 1. The Bertz CT molecular complexity index is 1880. The summed E-state index contributed by atoms with van der Waals surface area (Å²) in [5.41, 5.74) is -0.564. The van der Waals surface area contributed by atoms with Crippen LogP contribution in [0.3, 0.4) is 0 Å². The van der Waals surface area contributed by atoms with Gasteiger partial charge < -0.3 is 26.0 Å². The van der Waals surface area contributed by atoms with Gasteiger partial charge in [-0.1, -0.05) is 30.3 Å². The number of fused-ring (bicyclic) bond motifs is 1. The molecular formula is C33H30F5N7O4. The lowest BCUT2D eigenvalue weighted by molar-refractivity contribution is -0.189. The number of carbonyl (C=O) groups is 3. The summed E-state index contributed by atoms with van der Waals surface area (Å²) in [5.74, 6) is -6.92. The Morgan fingerprint density at radius 1 is 0.959 bits per heavy atom. The van der Waals surface area contributed by atoms with E-state index in [-0.39, 0.29) is 47.2 Å². The molecule has 11 nitrogen and oxygen atoms in total. The smallest absolute Gasteiger partial charge is 0.418 e. The summed E-state index contributed by atoms with van der Waals surface area (Å²) in [6.07, 6.45) is -5.44. The zero-order valence-electron chi connectivity index (χ0n) is 26.3. The molecule has 256 valence electrons. The fourth-order valence-electron chi connectivity index (χ4n) is 5.04. The number of aromatic nitrogens is 2. The predicted molar refractivity (Wildman–Crippen MR) is 171 cm³/mol. The number of hydrogen-bond donors (Lipinski definition) is 4. The Balaban J connectivity index is 1.72. The monoisotopic (exact) mass is 683 g/mol. The van der Waals surface area contributed by atoms with Gasteiger partial charge in [-0.2, -0.15) is 18.2 Å². The molecule has 0 saturated carbocycles. The molecule has 0 bridgehead atoms. The van der Waals surface area contributed by atoms with E-state index >= 15 is 8.78 Å². The van der Waals surface area contributed by atoms with Crippen LogP contribution in [0.15, 0.2) is 60.7 Å². The Kier molecular flexibility index (Phi) is 9.96. The first-order valence-corrected chi connectivity index (χ1v) is 15.0. The number of para-hydroxylation sites is 2. The minimum absolute atomic E-state index is 0.00374. The second-order valence-electron chi connectivity index (χ2n) is 11.1. The van der Waals surface area contributed by atoms with E-state index < -0.39 is 58.8 Å².